The fourth-order valence-corrected chi connectivity index (χ4v) is 4.68. The van der Waals surface area contributed by atoms with Crippen molar-refractivity contribution < 1.29 is 8.42 Å². The van der Waals surface area contributed by atoms with E-state index in [9.17, 15) is 8.42 Å². The summed E-state index contributed by atoms with van der Waals surface area (Å²) in [5.41, 5.74) is 5.11. The first-order valence-electron chi connectivity index (χ1n) is 9.00. The normalized spacial score (nSPS) is 11.9. The van der Waals surface area contributed by atoms with Gasteiger partial charge in [0.1, 0.15) is 15.4 Å². The highest BCUT2D eigenvalue weighted by Gasteiger charge is 2.11. The van der Waals surface area contributed by atoms with Crippen LogP contribution < -0.4 is 4.72 Å². The molecule has 4 aromatic rings. The van der Waals surface area contributed by atoms with Crippen LogP contribution in [0.2, 0.25) is 0 Å². The maximum absolute atomic E-state index is 12.4. The van der Waals surface area contributed by atoms with E-state index in [4.69, 9.17) is 0 Å². The van der Waals surface area contributed by atoms with Crippen LogP contribution in [0.15, 0.2) is 66.2 Å². The number of nitrogens with one attached hydrogen (secondary N) is 1. The highest BCUT2D eigenvalue weighted by Crippen LogP contribution is 2.31. The maximum Gasteiger partial charge on any atom is 0.255 e. The van der Waals surface area contributed by atoms with Crippen LogP contribution in [-0.2, 0) is 10.0 Å². The summed E-state index contributed by atoms with van der Waals surface area (Å²) in [5, 5.41) is 2.04. The van der Waals surface area contributed by atoms with E-state index in [-0.39, 0.29) is 0 Å². The molecule has 4 rings (SSSR count). The van der Waals surface area contributed by atoms with Gasteiger partial charge in [0.2, 0.25) is 0 Å². The number of nitrogens with zero attached hydrogens (tertiary/aromatic N) is 2. The minimum absolute atomic E-state index is 0.543. The van der Waals surface area contributed by atoms with E-state index in [1.165, 1.54) is 16.7 Å². The van der Waals surface area contributed by atoms with Gasteiger partial charge >= 0.3 is 0 Å². The van der Waals surface area contributed by atoms with Gasteiger partial charge < -0.3 is 0 Å². The summed E-state index contributed by atoms with van der Waals surface area (Å²) < 4.78 is 27.5. The summed E-state index contributed by atoms with van der Waals surface area (Å²) in [5.74, 6) is 0. The van der Waals surface area contributed by atoms with Gasteiger partial charge in [-0.25, -0.2) is 18.4 Å². The molecule has 0 saturated carbocycles. The minimum atomic E-state index is -3.62. The summed E-state index contributed by atoms with van der Waals surface area (Å²) >= 11 is 1.51. The van der Waals surface area contributed by atoms with Crippen molar-refractivity contribution in [3.63, 3.8) is 0 Å². The standard InChI is InChI=1S/C22H19N3O2S2/c1-15-5-7-17(8-6-15)11-13-29(26,27)25-19-10-9-18(14-16(19)2)21-24-20-4-3-12-23-22(20)28-21/h3-14,25H,1-2H3/b13-11+. The maximum atomic E-state index is 12.4. The number of pyridine rings is 1. The highest BCUT2D eigenvalue weighted by molar-refractivity contribution is 7.95. The number of aryl methyl sites for hydroxylation is 2. The van der Waals surface area contributed by atoms with Crippen LogP contribution in [0.4, 0.5) is 5.69 Å². The van der Waals surface area contributed by atoms with Crippen LogP contribution in [0.3, 0.4) is 0 Å². The Labute approximate surface area is 173 Å². The number of aromatic nitrogens is 2. The monoisotopic (exact) mass is 421 g/mol. The van der Waals surface area contributed by atoms with Crippen LogP contribution in [0.5, 0.6) is 0 Å². The largest absolute Gasteiger partial charge is 0.280 e. The Morgan fingerprint density at radius 2 is 1.83 bits per heavy atom. The van der Waals surface area contributed by atoms with Crippen molar-refractivity contribution in [1.82, 2.24) is 9.97 Å². The Kier molecular flexibility index (Phi) is 5.17. The molecule has 0 amide bonds. The third kappa shape index (κ3) is 4.52. The number of fused-ring (bicyclic) bond motifs is 1. The molecule has 7 heteroatoms. The zero-order valence-corrected chi connectivity index (χ0v) is 17.6. The predicted octanol–water partition coefficient (Wildman–Crippen LogP) is 5.39. The molecule has 0 bridgehead atoms. The first-order valence-corrected chi connectivity index (χ1v) is 11.4. The van der Waals surface area contributed by atoms with E-state index in [0.717, 1.165) is 37.6 Å². The van der Waals surface area contributed by atoms with E-state index in [2.05, 4.69) is 14.7 Å². The predicted molar refractivity (Wildman–Crippen MR) is 120 cm³/mol. The molecule has 2 heterocycles. The van der Waals surface area contributed by atoms with Gasteiger partial charge in [0, 0.05) is 11.8 Å². The Bertz CT molecular complexity index is 1270. The van der Waals surface area contributed by atoms with E-state index < -0.39 is 10.0 Å². The van der Waals surface area contributed by atoms with Crippen LogP contribution in [0, 0.1) is 13.8 Å². The van der Waals surface area contributed by atoms with Crippen molar-refractivity contribution in [3.8, 4) is 10.6 Å². The topological polar surface area (TPSA) is 72.0 Å². The van der Waals surface area contributed by atoms with Crippen molar-refractivity contribution in [3.05, 3.63) is 82.9 Å². The fourth-order valence-electron chi connectivity index (χ4n) is 2.84. The molecule has 0 unspecified atom stereocenters. The van der Waals surface area contributed by atoms with Gasteiger partial charge in [-0.3, -0.25) is 4.72 Å². The molecule has 0 fully saturated rings. The highest BCUT2D eigenvalue weighted by atomic mass is 32.2. The number of rotatable bonds is 5. The van der Waals surface area contributed by atoms with Crippen molar-refractivity contribution in [2.24, 2.45) is 0 Å². The van der Waals surface area contributed by atoms with Gasteiger partial charge in [-0.15, -0.1) is 0 Å². The number of benzene rings is 2. The molecule has 29 heavy (non-hydrogen) atoms. The molecule has 0 saturated heterocycles. The molecule has 0 radical (unpaired) electrons. The molecule has 146 valence electrons. The van der Waals surface area contributed by atoms with E-state index in [0.29, 0.717) is 5.69 Å². The summed E-state index contributed by atoms with van der Waals surface area (Å²) in [6, 6.07) is 17.0. The zero-order chi connectivity index (χ0) is 20.4. The molecule has 5 nitrogen and oxygen atoms in total. The fraction of sp³-hybridized carbons (Fsp3) is 0.0909. The Balaban J connectivity index is 1.55. The van der Waals surface area contributed by atoms with Crippen molar-refractivity contribution >= 4 is 43.5 Å². The number of hydrogen-bond donors (Lipinski definition) is 1. The van der Waals surface area contributed by atoms with E-state index in [1.807, 2.05) is 62.4 Å². The van der Waals surface area contributed by atoms with Gasteiger partial charge in [0.15, 0.2) is 0 Å². The Hall–Kier alpha value is -3.03. The molecule has 0 aliphatic heterocycles. The van der Waals surface area contributed by atoms with Crippen LogP contribution >= 0.6 is 11.3 Å². The van der Waals surface area contributed by atoms with Gasteiger partial charge in [-0.2, -0.15) is 0 Å². The zero-order valence-electron chi connectivity index (χ0n) is 16.0. The van der Waals surface area contributed by atoms with Gasteiger partial charge in [-0.05, 0) is 61.4 Å². The lowest BCUT2D eigenvalue weighted by Gasteiger charge is -2.09. The summed E-state index contributed by atoms with van der Waals surface area (Å²) in [7, 11) is -3.62. The van der Waals surface area contributed by atoms with E-state index in [1.54, 1.807) is 18.3 Å². The Morgan fingerprint density at radius 1 is 1.03 bits per heavy atom. The molecule has 2 aromatic carbocycles. The summed E-state index contributed by atoms with van der Waals surface area (Å²) in [6.07, 6.45) is 3.33. The number of sulfonamides is 1. The number of anilines is 1. The average Bonchev–Trinajstić information content (AvgIpc) is 3.13. The summed E-state index contributed by atoms with van der Waals surface area (Å²) in [4.78, 5) is 9.81. The average molecular weight is 422 g/mol. The lowest BCUT2D eigenvalue weighted by Crippen LogP contribution is -2.09. The molecule has 0 aliphatic rings. The number of thiazole rings is 1. The molecule has 0 spiro atoms. The van der Waals surface area contributed by atoms with Crippen molar-refractivity contribution in [2.75, 3.05) is 4.72 Å². The Morgan fingerprint density at radius 3 is 2.55 bits per heavy atom. The van der Waals surface area contributed by atoms with Crippen molar-refractivity contribution in [2.45, 2.75) is 13.8 Å². The number of hydrogen-bond acceptors (Lipinski definition) is 5. The van der Waals surface area contributed by atoms with Gasteiger partial charge in [-0.1, -0.05) is 41.2 Å². The molecule has 0 aliphatic carbocycles. The molecule has 1 N–H and O–H groups in total. The molecular formula is C22H19N3O2S2. The van der Waals surface area contributed by atoms with Crippen LogP contribution in [-0.4, -0.2) is 18.4 Å². The SMILES string of the molecule is Cc1ccc(/C=C/S(=O)(=O)Nc2ccc(-c3nc4cccnc4s3)cc2C)cc1. The van der Waals surface area contributed by atoms with Crippen molar-refractivity contribution in [1.29, 1.82) is 0 Å². The molecular weight excluding hydrogens is 402 g/mol. The second-order valence-electron chi connectivity index (χ2n) is 6.74. The van der Waals surface area contributed by atoms with Crippen LogP contribution in [0.25, 0.3) is 27.0 Å². The van der Waals surface area contributed by atoms with Crippen LogP contribution in [0.1, 0.15) is 16.7 Å². The molecule has 2 aromatic heterocycles. The smallest absolute Gasteiger partial charge is 0.255 e. The van der Waals surface area contributed by atoms with Gasteiger partial charge in [0.25, 0.3) is 10.0 Å². The van der Waals surface area contributed by atoms with E-state index >= 15 is 0 Å². The van der Waals surface area contributed by atoms with Gasteiger partial charge in [0.05, 0.1) is 11.1 Å². The molecule has 0 atom stereocenters. The lowest BCUT2D eigenvalue weighted by molar-refractivity contribution is 0.609. The second kappa shape index (κ2) is 7.77. The lowest BCUT2D eigenvalue weighted by atomic mass is 10.1. The first kappa shape index (κ1) is 19.3. The summed E-state index contributed by atoms with van der Waals surface area (Å²) in [6.45, 7) is 3.86. The third-order valence-corrected chi connectivity index (χ3v) is 6.44. The quantitative estimate of drug-likeness (QED) is 0.469. The second-order valence-corrected chi connectivity index (χ2v) is 9.28. The third-order valence-electron chi connectivity index (χ3n) is 4.41. The first-order chi connectivity index (χ1) is 13.9. The minimum Gasteiger partial charge on any atom is -0.280 e.